The van der Waals surface area contributed by atoms with Crippen molar-refractivity contribution >= 4 is 11.9 Å². The largest absolute Gasteiger partial charge is 0.465 e. The number of carbonyl (C=O) groups excluding carboxylic acids is 2. The third kappa shape index (κ3) is 5.16. The van der Waals surface area contributed by atoms with Crippen LogP contribution in [0.3, 0.4) is 0 Å². The smallest absolute Gasteiger partial charge is 0.341 e. The van der Waals surface area contributed by atoms with Gasteiger partial charge >= 0.3 is 5.97 Å². The highest BCUT2D eigenvalue weighted by molar-refractivity contribution is 5.90. The molecule has 1 amide bonds. The zero-order chi connectivity index (χ0) is 19.3. The summed E-state index contributed by atoms with van der Waals surface area (Å²) in [6, 6.07) is 7.69. The number of rotatable bonds is 7. The number of hydrogen-bond donors (Lipinski definition) is 0. The Morgan fingerprint density at radius 3 is 2.42 bits per heavy atom. The van der Waals surface area contributed by atoms with Crippen LogP contribution < -0.4 is 0 Å². The SMILES string of the molecule is COC(=O)c1cc(CN(C)CC(=O)N(C)Cc2ccc(F)cc2)oc1C. The van der Waals surface area contributed by atoms with Gasteiger partial charge in [0.1, 0.15) is 22.9 Å². The molecular formula is C19H23FN2O4. The fraction of sp³-hybridized carbons (Fsp3) is 0.368. The number of likely N-dealkylation sites (N-methyl/N-ethyl adjacent to an activating group) is 2. The van der Waals surface area contributed by atoms with E-state index in [1.807, 2.05) is 0 Å². The summed E-state index contributed by atoms with van der Waals surface area (Å²) in [6.07, 6.45) is 0. The second kappa shape index (κ2) is 8.62. The molecule has 2 aromatic rings. The molecule has 2 rings (SSSR count). The monoisotopic (exact) mass is 362 g/mol. The molecule has 0 bridgehead atoms. The molecule has 0 radical (unpaired) electrons. The van der Waals surface area contributed by atoms with Crippen molar-refractivity contribution in [3.8, 4) is 0 Å². The number of amides is 1. The van der Waals surface area contributed by atoms with Crippen molar-refractivity contribution in [1.29, 1.82) is 0 Å². The van der Waals surface area contributed by atoms with Gasteiger partial charge in [-0.2, -0.15) is 0 Å². The fourth-order valence-corrected chi connectivity index (χ4v) is 2.56. The Kier molecular flexibility index (Phi) is 6.52. The lowest BCUT2D eigenvalue weighted by molar-refractivity contribution is -0.131. The number of aryl methyl sites for hydroxylation is 1. The second-order valence-electron chi connectivity index (χ2n) is 6.22. The van der Waals surface area contributed by atoms with Crippen molar-refractivity contribution in [2.45, 2.75) is 20.0 Å². The fourth-order valence-electron chi connectivity index (χ4n) is 2.56. The third-order valence-corrected chi connectivity index (χ3v) is 3.96. The Morgan fingerprint density at radius 1 is 1.15 bits per heavy atom. The van der Waals surface area contributed by atoms with Gasteiger partial charge in [-0.3, -0.25) is 9.69 Å². The van der Waals surface area contributed by atoms with Gasteiger partial charge in [-0.15, -0.1) is 0 Å². The van der Waals surface area contributed by atoms with Gasteiger partial charge in [0, 0.05) is 13.6 Å². The van der Waals surface area contributed by atoms with E-state index in [1.165, 1.54) is 19.2 Å². The van der Waals surface area contributed by atoms with Gasteiger partial charge in [0.25, 0.3) is 0 Å². The molecule has 0 aliphatic carbocycles. The maximum atomic E-state index is 12.9. The number of methoxy groups -OCH3 is 1. The summed E-state index contributed by atoms with van der Waals surface area (Å²) in [4.78, 5) is 27.3. The van der Waals surface area contributed by atoms with Crippen molar-refractivity contribution in [2.24, 2.45) is 0 Å². The maximum absolute atomic E-state index is 12.9. The molecule has 1 aromatic carbocycles. The van der Waals surface area contributed by atoms with E-state index < -0.39 is 5.97 Å². The first-order chi connectivity index (χ1) is 12.3. The molecule has 0 atom stereocenters. The van der Waals surface area contributed by atoms with Crippen LogP contribution in [0.15, 0.2) is 34.7 Å². The highest BCUT2D eigenvalue weighted by Gasteiger charge is 2.18. The third-order valence-electron chi connectivity index (χ3n) is 3.96. The summed E-state index contributed by atoms with van der Waals surface area (Å²) in [7, 11) is 4.81. The zero-order valence-corrected chi connectivity index (χ0v) is 15.4. The van der Waals surface area contributed by atoms with Gasteiger partial charge in [0.05, 0.1) is 20.2 Å². The Hall–Kier alpha value is -2.67. The van der Waals surface area contributed by atoms with Crippen LogP contribution in [0, 0.1) is 12.7 Å². The minimum absolute atomic E-state index is 0.0757. The molecule has 0 spiro atoms. The van der Waals surface area contributed by atoms with Crippen LogP contribution in [-0.2, 0) is 22.6 Å². The molecule has 0 fully saturated rings. The van der Waals surface area contributed by atoms with Gasteiger partial charge in [0.2, 0.25) is 5.91 Å². The number of esters is 1. The first-order valence-electron chi connectivity index (χ1n) is 8.14. The van der Waals surface area contributed by atoms with Gasteiger partial charge in [-0.1, -0.05) is 12.1 Å². The van der Waals surface area contributed by atoms with E-state index in [1.54, 1.807) is 49.0 Å². The topological polar surface area (TPSA) is 63.0 Å². The minimum Gasteiger partial charge on any atom is -0.465 e. The molecule has 0 saturated carbocycles. The standard InChI is InChI=1S/C19H23FN2O4/c1-13-17(19(24)25-4)9-16(26-13)11-21(2)12-18(23)22(3)10-14-5-7-15(20)8-6-14/h5-9H,10-12H2,1-4H3. The molecule has 6 nitrogen and oxygen atoms in total. The van der Waals surface area contributed by atoms with Crippen LogP contribution in [-0.4, -0.2) is 49.4 Å². The van der Waals surface area contributed by atoms with E-state index >= 15 is 0 Å². The number of furan rings is 1. The van der Waals surface area contributed by atoms with Gasteiger partial charge in [0.15, 0.2) is 0 Å². The summed E-state index contributed by atoms with van der Waals surface area (Å²) in [5.74, 6) is 0.241. The summed E-state index contributed by atoms with van der Waals surface area (Å²) >= 11 is 0. The van der Waals surface area contributed by atoms with Crippen molar-refractivity contribution in [3.63, 3.8) is 0 Å². The number of halogens is 1. The molecule has 0 N–H and O–H groups in total. The minimum atomic E-state index is -0.449. The van der Waals surface area contributed by atoms with Gasteiger partial charge in [-0.25, -0.2) is 9.18 Å². The molecule has 7 heteroatoms. The predicted molar refractivity (Wildman–Crippen MR) is 94.0 cm³/mol. The number of ether oxygens (including phenoxy) is 1. The number of hydrogen-bond acceptors (Lipinski definition) is 5. The molecule has 0 aliphatic rings. The van der Waals surface area contributed by atoms with Crippen LogP contribution >= 0.6 is 0 Å². The normalized spacial score (nSPS) is 10.8. The van der Waals surface area contributed by atoms with Crippen LogP contribution in [0.5, 0.6) is 0 Å². The van der Waals surface area contributed by atoms with E-state index in [-0.39, 0.29) is 18.3 Å². The Bertz CT molecular complexity index is 770. The summed E-state index contributed by atoms with van der Waals surface area (Å²) in [5, 5.41) is 0. The van der Waals surface area contributed by atoms with Crippen LogP contribution in [0.25, 0.3) is 0 Å². The average molecular weight is 362 g/mol. The van der Waals surface area contributed by atoms with E-state index in [2.05, 4.69) is 0 Å². The van der Waals surface area contributed by atoms with E-state index in [4.69, 9.17) is 9.15 Å². The summed E-state index contributed by atoms with van der Waals surface area (Å²) in [5.41, 5.74) is 1.24. The Balaban J connectivity index is 1.90. The van der Waals surface area contributed by atoms with Crippen molar-refractivity contribution in [3.05, 3.63) is 58.8 Å². The van der Waals surface area contributed by atoms with E-state index in [0.29, 0.717) is 30.2 Å². The molecule has 140 valence electrons. The number of carbonyl (C=O) groups is 2. The van der Waals surface area contributed by atoms with Gasteiger partial charge in [-0.05, 0) is 37.7 Å². The highest BCUT2D eigenvalue weighted by Crippen LogP contribution is 2.17. The van der Waals surface area contributed by atoms with Crippen LogP contribution in [0.4, 0.5) is 4.39 Å². The summed E-state index contributed by atoms with van der Waals surface area (Å²) < 4.78 is 23.2. The Morgan fingerprint density at radius 2 is 1.81 bits per heavy atom. The van der Waals surface area contributed by atoms with Crippen molar-refractivity contribution < 1.29 is 23.1 Å². The lowest BCUT2D eigenvalue weighted by Gasteiger charge is -2.21. The predicted octanol–water partition coefficient (Wildman–Crippen LogP) is 2.60. The molecule has 26 heavy (non-hydrogen) atoms. The quantitative estimate of drug-likeness (QED) is 0.709. The summed E-state index contributed by atoms with van der Waals surface area (Å²) in [6.45, 7) is 2.66. The van der Waals surface area contributed by atoms with Crippen LogP contribution in [0.1, 0.15) is 27.4 Å². The number of nitrogens with zero attached hydrogens (tertiary/aromatic N) is 2. The average Bonchev–Trinajstić information content (AvgIpc) is 2.96. The first kappa shape index (κ1) is 19.7. The molecule has 1 heterocycles. The highest BCUT2D eigenvalue weighted by atomic mass is 19.1. The maximum Gasteiger partial charge on any atom is 0.341 e. The van der Waals surface area contributed by atoms with Crippen molar-refractivity contribution in [1.82, 2.24) is 9.80 Å². The molecule has 0 aliphatic heterocycles. The van der Waals surface area contributed by atoms with E-state index in [0.717, 1.165) is 5.56 Å². The van der Waals surface area contributed by atoms with Gasteiger partial charge < -0.3 is 14.1 Å². The molecular weight excluding hydrogens is 339 g/mol. The van der Waals surface area contributed by atoms with E-state index in [9.17, 15) is 14.0 Å². The number of benzene rings is 1. The molecule has 1 aromatic heterocycles. The molecule has 0 unspecified atom stereocenters. The Labute approximate surface area is 152 Å². The lowest BCUT2D eigenvalue weighted by atomic mass is 10.2. The molecule has 0 saturated heterocycles. The van der Waals surface area contributed by atoms with Crippen molar-refractivity contribution in [2.75, 3.05) is 27.7 Å². The lowest BCUT2D eigenvalue weighted by Crippen LogP contribution is -2.36. The second-order valence-corrected chi connectivity index (χ2v) is 6.22. The van der Waals surface area contributed by atoms with Crippen LogP contribution in [0.2, 0.25) is 0 Å². The first-order valence-corrected chi connectivity index (χ1v) is 8.14. The zero-order valence-electron chi connectivity index (χ0n) is 15.4.